The summed E-state index contributed by atoms with van der Waals surface area (Å²) in [5.41, 5.74) is 6.53. The van der Waals surface area contributed by atoms with Crippen LogP contribution in [0.4, 0.5) is 0 Å². The number of benzene rings is 1. The van der Waals surface area contributed by atoms with Crippen LogP contribution in [0, 0.1) is 0 Å². The molecule has 0 amide bonds. The average Bonchev–Trinajstić information content (AvgIpc) is 1.94. The van der Waals surface area contributed by atoms with Crippen molar-refractivity contribution in [2.24, 2.45) is 5.73 Å². The van der Waals surface area contributed by atoms with Crippen LogP contribution in [0.3, 0.4) is 0 Å². The first-order valence-electron chi connectivity index (χ1n) is 3.32. The standard InChI is InChI=1S/C8H9Cl2N.ClH/c1-5(11)6-3-2-4-7(9)8(6)10;/h2-5H,11H2,1H3;1H/t5-;/m0./s1. The molecule has 1 rings (SSSR count). The van der Waals surface area contributed by atoms with Gasteiger partial charge in [-0.3, -0.25) is 0 Å². The van der Waals surface area contributed by atoms with Crippen molar-refractivity contribution in [1.29, 1.82) is 0 Å². The van der Waals surface area contributed by atoms with E-state index < -0.39 is 0 Å². The van der Waals surface area contributed by atoms with Crippen molar-refractivity contribution in [3.05, 3.63) is 33.8 Å². The topological polar surface area (TPSA) is 26.0 Å². The lowest BCUT2D eigenvalue weighted by Crippen LogP contribution is -2.05. The van der Waals surface area contributed by atoms with Crippen molar-refractivity contribution < 1.29 is 0 Å². The Morgan fingerprint density at radius 1 is 1.33 bits per heavy atom. The second-order valence-corrected chi connectivity index (χ2v) is 3.22. The van der Waals surface area contributed by atoms with Gasteiger partial charge >= 0.3 is 0 Å². The van der Waals surface area contributed by atoms with E-state index in [1.165, 1.54) is 0 Å². The lowest BCUT2D eigenvalue weighted by molar-refractivity contribution is 0.818. The van der Waals surface area contributed by atoms with Crippen LogP contribution in [-0.2, 0) is 0 Å². The summed E-state index contributed by atoms with van der Waals surface area (Å²) in [5.74, 6) is 0. The van der Waals surface area contributed by atoms with E-state index >= 15 is 0 Å². The van der Waals surface area contributed by atoms with Gasteiger partial charge in [0.15, 0.2) is 0 Å². The molecule has 0 radical (unpaired) electrons. The Bertz CT molecular complexity index is 260. The Morgan fingerprint density at radius 2 is 1.92 bits per heavy atom. The van der Waals surface area contributed by atoms with Crippen LogP contribution in [0.15, 0.2) is 18.2 Å². The highest BCUT2D eigenvalue weighted by Gasteiger charge is 2.06. The second kappa shape index (κ2) is 4.93. The third-order valence-corrected chi connectivity index (χ3v) is 2.31. The summed E-state index contributed by atoms with van der Waals surface area (Å²) in [6.45, 7) is 1.87. The van der Waals surface area contributed by atoms with Crippen LogP contribution in [-0.4, -0.2) is 0 Å². The SMILES string of the molecule is C[C@H](N)c1cccc(Cl)c1Cl.Cl. The van der Waals surface area contributed by atoms with Crippen molar-refractivity contribution in [1.82, 2.24) is 0 Å². The van der Waals surface area contributed by atoms with Gasteiger partial charge in [0.25, 0.3) is 0 Å². The van der Waals surface area contributed by atoms with Crippen molar-refractivity contribution in [2.45, 2.75) is 13.0 Å². The van der Waals surface area contributed by atoms with Gasteiger partial charge in [0.05, 0.1) is 10.0 Å². The lowest BCUT2D eigenvalue weighted by atomic mass is 10.1. The predicted molar refractivity (Wildman–Crippen MR) is 56.3 cm³/mol. The Hall–Kier alpha value is 0.0500. The summed E-state index contributed by atoms with van der Waals surface area (Å²) in [5, 5.41) is 1.12. The van der Waals surface area contributed by atoms with E-state index in [0.717, 1.165) is 5.56 Å². The zero-order valence-corrected chi connectivity index (χ0v) is 8.88. The monoisotopic (exact) mass is 225 g/mol. The van der Waals surface area contributed by atoms with Crippen LogP contribution < -0.4 is 5.73 Å². The molecule has 0 unspecified atom stereocenters. The fraction of sp³-hybridized carbons (Fsp3) is 0.250. The highest BCUT2D eigenvalue weighted by Crippen LogP contribution is 2.28. The van der Waals surface area contributed by atoms with Crippen LogP contribution >= 0.6 is 35.6 Å². The molecule has 0 aliphatic carbocycles. The molecule has 68 valence electrons. The molecule has 0 spiro atoms. The van der Waals surface area contributed by atoms with E-state index in [1.54, 1.807) is 6.07 Å². The molecular formula is C8H10Cl3N. The normalized spacial score (nSPS) is 12.0. The van der Waals surface area contributed by atoms with Crippen molar-refractivity contribution in [3.63, 3.8) is 0 Å². The van der Waals surface area contributed by atoms with Crippen LogP contribution in [0.2, 0.25) is 10.0 Å². The van der Waals surface area contributed by atoms with Crippen LogP contribution in [0.25, 0.3) is 0 Å². The maximum absolute atomic E-state index is 5.88. The molecule has 0 bridgehead atoms. The zero-order chi connectivity index (χ0) is 8.43. The van der Waals surface area contributed by atoms with Gasteiger partial charge in [0.1, 0.15) is 0 Å². The van der Waals surface area contributed by atoms with E-state index in [-0.39, 0.29) is 18.4 Å². The molecule has 0 saturated carbocycles. The fourth-order valence-electron chi connectivity index (χ4n) is 0.872. The highest BCUT2D eigenvalue weighted by molar-refractivity contribution is 6.42. The molecule has 0 aromatic heterocycles. The number of hydrogen-bond donors (Lipinski definition) is 1. The largest absolute Gasteiger partial charge is 0.324 e. The van der Waals surface area contributed by atoms with Crippen molar-refractivity contribution >= 4 is 35.6 Å². The van der Waals surface area contributed by atoms with Gasteiger partial charge in [-0.15, -0.1) is 12.4 Å². The van der Waals surface area contributed by atoms with Crippen molar-refractivity contribution in [3.8, 4) is 0 Å². The summed E-state index contributed by atoms with van der Waals surface area (Å²) in [4.78, 5) is 0. The molecule has 0 aliphatic heterocycles. The third-order valence-electron chi connectivity index (χ3n) is 1.47. The average molecular weight is 227 g/mol. The van der Waals surface area contributed by atoms with Gasteiger partial charge in [-0.1, -0.05) is 35.3 Å². The first-order valence-corrected chi connectivity index (χ1v) is 4.08. The van der Waals surface area contributed by atoms with E-state index in [1.807, 2.05) is 19.1 Å². The summed E-state index contributed by atoms with van der Waals surface area (Å²) < 4.78 is 0. The second-order valence-electron chi connectivity index (χ2n) is 2.43. The van der Waals surface area contributed by atoms with Crippen molar-refractivity contribution in [2.75, 3.05) is 0 Å². The molecule has 0 heterocycles. The minimum atomic E-state index is -0.0683. The van der Waals surface area contributed by atoms with Crippen LogP contribution in [0.5, 0.6) is 0 Å². The van der Waals surface area contributed by atoms with Gasteiger partial charge in [-0.05, 0) is 18.6 Å². The maximum atomic E-state index is 5.88. The fourth-order valence-corrected chi connectivity index (χ4v) is 1.35. The number of hydrogen-bond acceptors (Lipinski definition) is 1. The molecule has 0 aliphatic rings. The Morgan fingerprint density at radius 3 is 2.33 bits per heavy atom. The third kappa shape index (κ3) is 2.53. The molecule has 1 aromatic carbocycles. The summed E-state index contributed by atoms with van der Waals surface area (Å²) in [6, 6.07) is 5.39. The lowest BCUT2D eigenvalue weighted by Gasteiger charge is -2.08. The first kappa shape index (κ1) is 12.0. The zero-order valence-electron chi connectivity index (χ0n) is 6.55. The molecule has 0 fully saturated rings. The van der Waals surface area contributed by atoms with Gasteiger partial charge in [-0.2, -0.15) is 0 Å². The van der Waals surface area contributed by atoms with E-state index in [0.29, 0.717) is 10.0 Å². The van der Waals surface area contributed by atoms with E-state index in [2.05, 4.69) is 0 Å². The minimum absolute atomic E-state index is 0. The highest BCUT2D eigenvalue weighted by atomic mass is 35.5. The van der Waals surface area contributed by atoms with Gasteiger partial charge in [-0.25, -0.2) is 0 Å². The Kier molecular flexibility index (Phi) is 4.95. The number of rotatable bonds is 1. The maximum Gasteiger partial charge on any atom is 0.0639 e. The number of halogens is 3. The summed E-state index contributed by atoms with van der Waals surface area (Å²) in [7, 11) is 0. The smallest absolute Gasteiger partial charge is 0.0639 e. The molecule has 12 heavy (non-hydrogen) atoms. The Balaban J connectivity index is 0.00000121. The molecule has 2 N–H and O–H groups in total. The molecular weight excluding hydrogens is 216 g/mol. The van der Waals surface area contributed by atoms with E-state index in [9.17, 15) is 0 Å². The summed E-state index contributed by atoms with van der Waals surface area (Å²) in [6.07, 6.45) is 0. The molecule has 1 atom stereocenters. The predicted octanol–water partition coefficient (Wildman–Crippen LogP) is 3.43. The van der Waals surface area contributed by atoms with E-state index in [4.69, 9.17) is 28.9 Å². The number of nitrogens with two attached hydrogens (primary N) is 1. The minimum Gasteiger partial charge on any atom is -0.324 e. The van der Waals surface area contributed by atoms with Gasteiger partial charge in [0.2, 0.25) is 0 Å². The molecule has 4 heteroatoms. The van der Waals surface area contributed by atoms with Gasteiger partial charge < -0.3 is 5.73 Å². The quantitative estimate of drug-likeness (QED) is 0.780. The first-order chi connectivity index (χ1) is 5.13. The Labute approximate surface area is 88.3 Å². The molecule has 1 nitrogen and oxygen atoms in total. The van der Waals surface area contributed by atoms with Crippen LogP contribution in [0.1, 0.15) is 18.5 Å². The molecule has 0 saturated heterocycles. The molecule has 1 aromatic rings. The summed E-state index contributed by atoms with van der Waals surface area (Å²) >= 11 is 11.6. The van der Waals surface area contributed by atoms with Gasteiger partial charge in [0, 0.05) is 6.04 Å².